The van der Waals surface area contributed by atoms with E-state index < -0.39 is 0 Å². The zero-order valence-electron chi connectivity index (χ0n) is 13.6. The van der Waals surface area contributed by atoms with E-state index in [4.69, 9.17) is 4.74 Å². The first-order valence-corrected chi connectivity index (χ1v) is 8.40. The highest BCUT2D eigenvalue weighted by Crippen LogP contribution is 2.21. The molecule has 0 aliphatic carbocycles. The van der Waals surface area contributed by atoms with Crippen molar-refractivity contribution in [2.24, 2.45) is 5.92 Å². The number of benzene rings is 2. The lowest BCUT2D eigenvalue weighted by molar-refractivity contribution is -0.128. The number of rotatable bonds is 5. The Morgan fingerprint density at radius 2 is 1.75 bits per heavy atom. The minimum absolute atomic E-state index is 0.0122. The zero-order chi connectivity index (χ0) is 16.8. The van der Waals surface area contributed by atoms with Crippen molar-refractivity contribution in [2.45, 2.75) is 25.3 Å². The maximum atomic E-state index is 13.1. The topological polar surface area (TPSA) is 38.3 Å². The lowest BCUT2D eigenvalue weighted by Crippen LogP contribution is -2.37. The van der Waals surface area contributed by atoms with Crippen molar-refractivity contribution in [3.8, 4) is 0 Å². The van der Waals surface area contributed by atoms with Crippen molar-refractivity contribution in [3.63, 3.8) is 0 Å². The van der Waals surface area contributed by atoms with Gasteiger partial charge in [0.15, 0.2) is 0 Å². The number of ether oxygens (including phenoxy) is 1. The molecule has 0 aromatic heterocycles. The number of hydrogen-bond acceptors (Lipinski definition) is 2. The average Bonchev–Trinajstić information content (AvgIpc) is 2.64. The Labute approximate surface area is 141 Å². The Hall–Kier alpha value is -2.20. The molecule has 0 spiro atoms. The van der Waals surface area contributed by atoms with Crippen LogP contribution in [0.15, 0.2) is 54.6 Å². The van der Waals surface area contributed by atoms with Gasteiger partial charge in [0.25, 0.3) is 0 Å². The zero-order valence-corrected chi connectivity index (χ0v) is 13.6. The van der Waals surface area contributed by atoms with Gasteiger partial charge in [-0.25, -0.2) is 4.39 Å². The summed E-state index contributed by atoms with van der Waals surface area (Å²) in [6, 6.07) is 16.2. The molecule has 4 heteroatoms. The van der Waals surface area contributed by atoms with E-state index in [1.165, 1.54) is 12.1 Å². The van der Waals surface area contributed by atoms with E-state index in [0.717, 1.165) is 24.0 Å². The van der Waals surface area contributed by atoms with Crippen LogP contribution in [0.4, 0.5) is 4.39 Å². The fourth-order valence-corrected chi connectivity index (χ4v) is 3.04. The van der Waals surface area contributed by atoms with E-state index in [1.807, 2.05) is 30.3 Å². The highest BCUT2D eigenvalue weighted by Gasteiger charge is 2.24. The molecule has 1 atom stereocenters. The van der Waals surface area contributed by atoms with Crippen molar-refractivity contribution in [1.29, 1.82) is 0 Å². The van der Waals surface area contributed by atoms with Crippen LogP contribution in [0.2, 0.25) is 0 Å². The summed E-state index contributed by atoms with van der Waals surface area (Å²) in [4.78, 5) is 12.6. The van der Waals surface area contributed by atoms with Crippen molar-refractivity contribution >= 4 is 5.91 Å². The Morgan fingerprint density at radius 3 is 2.42 bits per heavy atom. The summed E-state index contributed by atoms with van der Waals surface area (Å²) in [7, 11) is 0. The van der Waals surface area contributed by atoms with Gasteiger partial charge in [-0.05, 0) is 42.5 Å². The number of carbonyl (C=O) groups is 1. The van der Waals surface area contributed by atoms with E-state index in [9.17, 15) is 9.18 Å². The summed E-state index contributed by atoms with van der Waals surface area (Å²) < 4.78 is 18.4. The van der Waals surface area contributed by atoms with Crippen molar-refractivity contribution in [3.05, 3.63) is 71.5 Å². The number of amides is 1. The van der Waals surface area contributed by atoms with Gasteiger partial charge in [-0.1, -0.05) is 42.5 Å². The summed E-state index contributed by atoms with van der Waals surface area (Å²) in [5, 5.41) is 3.18. The molecule has 1 saturated heterocycles. The van der Waals surface area contributed by atoms with Crippen LogP contribution >= 0.6 is 0 Å². The SMILES string of the molecule is O=C(N[C@H](Cc1ccc(F)cc1)c1ccccc1)C1CCOCC1. The summed E-state index contributed by atoms with van der Waals surface area (Å²) in [6.45, 7) is 1.29. The standard InChI is InChI=1S/C20H22FNO2/c21-18-8-6-15(7-9-18)14-19(16-4-2-1-3-5-16)22-20(23)17-10-12-24-13-11-17/h1-9,17,19H,10-14H2,(H,22,23)/t19-/m1/s1. The number of carbonyl (C=O) groups excluding carboxylic acids is 1. The third kappa shape index (κ3) is 4.42. The molecule has 1 N–H and O–H groups in total. The minimum Gasteiger partial charge on any atom is -0.381 e. The van der Waals surface area contributed by atoms with Gasteiger partial charge in [0, 0.05) is 19.1 Å². The lowest BCUT2D eigenvalue weighted by atomic mass is 9.95. The van der Waals surface area contributed by atoms with Crippen LogP contribution in [0.3, 0.4) is 0 Å². The molecule has 0 saturated carbocycles. The van der Waals surface area contributed by atoms with Crippen LogP contribution in [0.5, 0.6) is 0 Å². The Bertz CT molecular complexity index is 651. The minimum atomic E-state index is -0.249. The Kier molecular flexibility index (Phi) is 5.59. The van der Waals surface area contributed by atoms with E-state index in [2.05, 4.69) is 5.32 Å². The molecule has 1 aliphatic heterocycles. The molecule has 1 aliphatic rings. The molecule has 2 aromatic carbocycles. The van der Waals surface area contributed by atoms with Gasteiger partial charge < -0.3 is 10.1 Å². The molecule has 1 fully saturated rings. The van der Waals surface area contributed by atoms with Crippen molar-refractivity contribution in [2.75, 3.05) is 13.2 Å². The maximum absolute atomic E-state index is 13.1. The second kappa shape index (κ2) is 8.06. The molecule has 1 amide bonds. The van der Waals surface area contributed by atoms with E-state index in [0.29, 0.717) is 19.6 Å². The normalized spacial score (nSPS) is 16.5. The molecule has 126 valence electrons. The summed E-state index contributed by atoms with van der Waals surface area (Å²) in [5.74, 6) is -0.159. The molecule has 24 heavy (non-hydrogen) atoms. The molecule has 3 rings (SSSR count). The molecule has 0 unspecified atom stereocenters. The molecule has 0 bridgehead atoms. The van der Waals surface area contributed by atoms with Gasteiger partial charge >= 0.3 is 0 Å². The first-order valence-electron chi connectivity index (χ1n) is 8.40. The summed E-state index contributed by atoms with van der Waals surface area (Å²) >= 11 is 0. The van der Waals surface area contributed by atoms with Gasteiger partial charge in [0.1, 0.15) is 5.82 Å². The monoisotopic (exact) mass is 327 g/mol. The van der Waals surface area contributed by atoms with Gasteiger partial charge in [-0.3, -0.25) is 4.79 Å². The maximum Gasteiger partial charge on any atom is 0.223 e. The van der Waals surface area contributed by atoms with Gasteiger partial charge in [-0.15, -0.1) is 0 Å². The predicted molar refractivity (Wildman–Crippen MR) is 91.0 cm³/mol. The van der Waals surface area contributed by atoms with Gasteiger partial charge in [-0.2, -0.15) is 0 Å². The van der Waals surface area contributed by atoms with Gasteiger partial charge in [0.05, 0.1) is 6.04 Å². The fourth-order valence-electron chi connectivity index (χ4n) is 3.04. The Balaban J connectivity index is 1.74. The second-order valence-electron chi connectivity index (χ2n) is 6.19. The predicted octanol–water partition coefficient (Wildman–Crippen LogP) is 3.65. The molecule has 3 nitrogen and oxygen atoms in total. The number of hydrogen-bond donors (Lipinski definition) is 1. The molecule has 1 heterocycles. The second-order valence-corrected chi connectivity index (χ2v) is 6.19. The van der Waals surface area contributed by atoms with Gasteiger partial charge in [0.2, 0.25) is 5.91 Å². The highest BCUT2D eigenvalue weighted by molar-refractivity contribution is 5.79. The fraction of sp³-hybridized carbons (Fsp3) is 0.350. The summed E-state index contributed by atoms with van der Waals surface area (Å²) in [6.07, 6.45) is 2.17. The smallest absolute Gasteiger partial charge is 0.223 e. The average molecular weight is 327 g/mol. The first-order chi connectivity index (χ1) is 11.7. The molecular formula is C20H22FNO2. The van der Waals surface area contributed by atoms with Crippen LogP contribution in [0, 0.1) is 11.7 Å². The van der Waals surface area contributed by atoms with Crippen LogP contribution < -0.4 is 5.32 Å². The first kappa shape index (κ1) is 16.7. The Morgan fingerprint density at radius 1 is 1.08 bits per heavy atom. The molecule has 2 aromatic rings. The van der Waals surface area contributed by atoms with Crippen LogP contribution in [-0.4, -0.2) is 19.1 Å². The molecular weight excluding hydrogens is 305 g/mol. The number of halogens is 1. The highest BCUT2D eigenvalue weighted by atomic mass is 19.1. The summed E-state index contributed by atoms with van der Waals surface area (Å²) in [5.41, 5.74) is 2.06. The van der Waals surface area contributed by atoms with Crippen LogP contribution in [-0.2, 0) is 16.0 Å². The number of nitrogens with one attached hydrogen (secondary N) is 1. The largest absolute Gasteiger partial charge is 0.381 e. The lowest BCUT2D eigenvalue weighted by Gasteiger charge is -2.25. The van der Waals surface area contributed by atoms with Crippen LogP contribution in [0.1, 0.15) is 30.0 Å². The molecule has 0 radical (unpaired) electrons. The van der Waals surface area contributed by atoms with Crippen molar-refractivity contribution < 1.29 is 13.9 Å². The quantitative estimate of drug-likeness (QED) is 0.910. The third-order valence-electron chi connectivity index (χ3n) is 4.46. The van der Waals surface area contributed by atoms with E-state index in [1.54, 1.807) is 12.1 Å². The van der Waals surface area contributed by atoms with E-state index >= 15 is 0 Å². The third-order valence-corrected chi connectivity index (χ3v) is 4.46. The van der Waals surface area contributed by atoms with Crippen molar-refractivity contribution in [1.82, 2.24) is 5.32 Å². The van der Waals surface area contributed by atoms with Crippen LogP contribution in [0.25, 0.3) is 0 Å². The van der Waals surface area contributed by atoms with E-state index in [-0.39, 0.29) is 23.7 Å².